The van der Waals surface area contributed by atoms with Gasteiger partial charge in [-0.2, -0.15) is 0 Å². The highest BCUT2D eigenvalue weighted by molar-refractivity contribution is 5.88. The van der Waals surface area contributed by atoms with Gasteiger partial charge >= 0.3 is 0 Å². The van der Waals surface area contributed by atoms with Gasteiger partial charge in [0.1, 0.15) is 0 Å². The van der Waals surface area contributed by atoms with Crippen molar-refractivity contribution in [2.75, 3.05) is 32.9 Å². The van der Waals surface area contributed by atoms with Crippen LogP contribution in [-0.4, -0.2) is 49.3 Å². The second-order valence-corrected chi connectivity index (χ2v) is 7.21. The Morgan fingerprint density at radius 2 is 2.00 bits per heavy atom. The summed E-state index contributed by atoms with van der Waals surface area (Å²) in [5.74, 6) is 0.917. The molecule has 0 aromatic rings. The van der Waals surface area contributed by atoms with Gasteiger partial charge in [-0.3, -0.25) is 4.79 Å². The van der Waals surface area contributed by atoms with E-state index < -0.39 is 5.60 Å². The van der Waals surface area contributed by atoms with E-state index in [9.17, 15) is 4.79 Å². The van der Waals surface area contributed by atoms with Crippen molar-refractivity contribution < 1.29 is 14.3 Å². The zero-order valence-electron chi connectivity index (χ0n) is 11.9. The minimum atomic E-state index is -0.526. The summed E-state index contributed by atoms with van der Waals surface area (Å²) in [6, 6.07) is 0. The Morgan fingerprint density at radius 1 is 1.26 bits per heavy atom. The molecule has 4 fully saturated rings. The van der Waals surface area contributed by atoms with Crippen LogP contribution in [0.15, 0.2) is 0 Å². The zero-order valence-corrected chi connectivity index (χ0v) is 11.9. The lowest BCUT2D eigenvalue weighted by Gasteiger charge is -2.43. The van der Waals surface area contributed by atoms with Crippen molar-refractivity contribution >= 4 is 5.91 Å². The molecular formula is C15H23NO3. The van der Waals surface area contributed by atoms with Crippen molar-refractivity contribution in [3.8, 4) is 0 Å². The molecule has 4 heteroatoms. The van der Waals surface area contributed by atoms with E-state index in [-0.39, 0.29) is 16.7 Å². The highest BCUT2D eigenvalue weighted by Crippen LogP contribution is 2.75. The molecule has 4 bridgehead atoms. The molecule has 4 rings (SSSR count). The number of rotatable bonds is 1. The number of morpholine rings is 1. The van der Waals surface area contributed by atoms with E-state index in [1.165, 1.54) is 6.42 Å². The molecule has 1 amide bonds. The van der Waals surface area contributed by atoms with Crippen LogP contribution in [0.2, 0.25) is 0 Å². The lowest BCUT2D eigenvalue weighted by molar-refractivity contribution is -0.170. The molecular weight excluding hydrogens is 242 g/mol. The number of nitrogens with zero attached hydrogens (tertiary/aromatic N) is 1. The van der Waals surface area contributed by atoms with Gasteiger partial charge in [-0.25, -0.2) is 0 Å². The van der Waals surface area contributed by atoms with Crippen LogP contribution in [0.25, 0.3) is 0 Å². The molecule has 0 radical (unpaired) electrons. The van der Waals surface area contributed by atoms with Crippen LogP contribution >= 0.6 is 0 Å². The summed E-state index contributed by atoms with van der Waals surface area (Å²) >= 11 is 0. The molecule has 2 saturated heterocycles. The molecule has 2 aliphatic heterocycles. The third-order valence-corrected chi connectivity index (χ3v) is 6.84. The maximum Gasteiger partial charge on any atom is 0.255 e. The first kappa shape index (κ1) is 12.2. The van der Waals surface area contributed by atoms with Gasteiger partial charge < -0.3 is 14.4 Å². The molecule has 4 aliphatic rings. The number of amides is 1. The molecule has 19 heavy (non-hydrogen) atoms. The summed E-state index contributed by atoms with van der Waals surface area (Å²) in [4.78, 5) is 15.0. The monoisotopic (exact) mass is 265 g/mol. The summed E-state index contributed by atoms with van der Waals surface area (Å²) in [6.45, 7) is 8.18. The fourth-order valence-corrected chi connectivity index (χ4v) is 5.26. The number of hydrogen-bond acceptors (Lipinski definition) is 3. The van der Waals surface area contributed by atoms with Crippen LogP contribution in [0.1, 0.15) is 33.1 Å². The van der Waals surface area contributed by atoms with E-state index in [1.807, 2.05) is 4.90 Å². The largest absolute Gasteiger partial charge is 0.378 e. The van der Waals surface area contributed by atoms with Gasteiger partial charge in [0.25, 0.3) is 5.91 Å². The minimum Gasteiger partial charge on any atom is -0.378 e. The molecule has 2 aliphatic carbocycles. The second-order valence-electron chi connectivity index (χ2n) is 7.21. The molecule has 2 heterocycles. The van der Waals surface area contributed by atoms with E-state index in [2.05, 4.69) is 13.8 Å². The van der Waals surface area contributed by atoms with Crippen LogP contribution in [0.5, 0.6) is 0 Å². The Kier molecular flexibility index (Phi) is 2.26. The third kappa shape index (κ3) is 1.17. The topological polar surface area (TPSA) is 38.8 Å². The first-order valence-corrected chi connectivity index (χ1v) is 7.55. The molecule has 0 aromatic carbocycles. The van der Waals surface area contributed by atoms with E-state index in [1.54, 1.807) is 0 Å². The first-order chi connectivity index (χ1) is 9.04. The van der Waals surface area contributed by atoms with E-state index in [4.69, 9.17) is 9.47 Å². The molecule has 4 atom stereocenters. The predicted octanol–water partition coefficient (Wildman–Crippen LogP) is 1.44. The highest BCUT2D eigenvalue weighted by atomic mass is 16.5. The number of ether oxygens (including phenoxy) is 2. The molecule has 0 spiro atoms. The van der Waals surface area contributed by atoms with Crippen molar-refractivity contribution in [1.29, 1.82) is 0 Å². The van der Waals surface area contributed by atoms with Crippen molar-refractivity contribution in [3.63, 3.8) is 0 Å². The van der Waals surface area contributed by atoms with Gasteiger partial charge in [0.15, 0.2) is 5.60 Å². The van der Waals surface area contributed by atoms with Crippen LogP contribution in [-0.2, 0) is 14.3 Å². The van der Waals surface area contributed by atoms with Gasteiger partial charge in [-0.15, -0.1) is 0 Å². The van der Waals surface area contributed by atoms with Crippen LogP contribution in [0, 0.1) is 16.7 Å². The Morgan fingerprint density at radius 3 is 2.63 bits per heavy atom. The molecule has 0 unspecified atom stereocenters. The standard InChI is InChI=1S/C15H23NO3/c1-13-10-19-15(9-11(13)3-4-14(13,15)2)12(17)16-5-7-18-8-6-16/h11H,3-10H2,1-2H3/t11-,13+,14-,15+/m1/s1. The molecule has 0 aromatic heterocycles. The predicted molar refractivity (Wildman–Crippen MR) is 69.6 cm³/mol. The second kappa shape index (κ2) is 3.53. The quantitative estimate of drug-likeness (QED) is 0.720. The Labute approximate surface area is 114 Å². The van der Waals surface area contributed by atoms with Crippen molar-refractivity contribution in [2.45, 2.75) is 38.7 Å². The SMILES string of the molecule is C[C@]12CC[C@@H]3C[C@@]1(C(=O)N1CCOCC1)OC[C@@]32C. The maximum absolute atomic E-state index is 13.1. The number of hydrogen-bond donors (Lipinski definition) is 0. The first-order valence-electron chi connectivity index (χ1n) is 7.55. The average Bonchev–Trinajstić information content (AvgIpc) is 2.91. The van der Waals surface area contributed by atoms with Crippen molar-refractivity contribution in [2.24, 2.45) is 16.7 Å². The van der Waals surface area contributed by atoms with E-state index in [0.717, 1.165) is 32.5 Å². The molecule has 4 nitrogen and oxygen atoms in total. The summed E-state index contributed by atoms with van der Waals surface area (Å²) in [7, 11) is 0. The molecule has 106 valence electrons. The Balaban J connectivity index is 1.69. The van der Waals surface area contributed by atoms with Crippen molar-refractivity contribution in [3.05, 3.63) is 0 Å². The molecule has 0 N–H and O–H groups in total. The maximum atomic E-state index is 13.1. The van der Waals surface area contributed by atoms with Crippen LogP contribution < -0.4 is 0 Å². The minimum absolute atomic E-state index is 0.0417. The molecule has 2 saturated carbocycles. The fraction of sp³-hybridized carbons (Fsp3) is 0.933. The number of carbonyl (C=O) groups excluding carboxylic acids is 1. The van der Waals surface area contributed by atoms with Gasteiger partial charge in [-0.1, -0.05) is 13.8 Å². The smallest absolute Gasteiger partial charge is 0.255 e. The van der Waals surface area contributed by atoms with Crippen LogP contribution in [0.3, 0.4) is 0 Å². The lowest BCUT2D eigenvalue weighted by Crippen LogP contribution is -2.58. The van der Waals surface area contributed by atoms with E-state index in [0.29, 0.717) is 19.1 Å². The highest BCUT2D eigenvalue weighted by Gasteiger charge is 2.78. The summed E-state index contributed by atoms with van der Waals surface area (Å²) in [6.07, 6.45) is 3.36. The van der Waals surface area contributed by atoms with Crippen LogP contribution in [0.4, 0.5) is 0 Å². The summed E-state index contributed by atoms with van der Waals surface area (Å²) in [5, 5.41) is 0. The Hall–Kier alpha value is -0.610. The van der Waals surface area contributed by atoms with Gasteiger partial charge in [-0.05, 0) is 25.2 Å². The fourth-order valence-electron chi connectivity index (χ4n) is 5.26. The summed E-state index contributed by atoms with van der Waals surface area (Å²) < 4.78 is 11.5. The van der Waals surface area contributed by atoms with E-state index >= 15 is 0 Å². The van der Waals surface area contributed by atoms with Crippen molar-refractivity contribution in [1.82, 2.24) is 4.90 Å². The zero-order chi connectivity index (χ0) is 13.3. The van der Waals surface area contributed by atoms with Gasteiger partial charge in [0, 0.05) is 23.9 Å². The van der Waals surface area contributed by atoms with Gasteiger partial charge in [0.05, 0.1) is 19.8 Å². The van der Waals surface area contributed by atoms with Gasteiger partial charge in [0.2, 0.25) is 0 Å². The lowest BCUT2D eigenvalue weighted by atomic mass is 9.66. The average molecular weight is 265 g/mol. The number of carbonyl (C=O) groups is 1. The third-order valence-electron chi connectivity index (χ3n) is 6.84. The Bertz CT molecular complexity index is 433. The normalized spacial score (nSPS) is 51.9. The summed E-state index contributed by atoms with van der Waals surface area (Å²) in [5.41, 5.74) is -0.267.